The molecule has 15 nitrogen and oxygen atoms in total. The summed E-state index contributed by atoms with van der Waals surface area (Å²) in [6.07, 6.45) is 7.95. The van der Waals surface area contributed by atoms with Crippen LogP contribution in [-0.2, 0) is 44.6 Å². The molecular formula is C53H64Cl4N6O9S. The van der Waals surface area contributed by atoms with Crippen LogP contribution in [0.4, 0.5) is 4.79 Å². The lowest BCUT2D eigenvalue weighted by Crippen LogP contribution is -2.48. The van der Waals surface area contributed by atoms with Crippen LogP contribution in [0.15, 0.2) is 77.9 Å². The number of halogens is 4. The Labute approximate surface area is 451 Å². The zero-order valence-electron chi connectivity index (χ0n) is 40.7. The van der Waals surface area contributed by atoms with Gasteiger partial charge in [-0.1, -0.05) is 95.3 Å². The van der Waals surface area contributed by atoms with E-state index in [2.05, 4.69) is 21.3 Å². The zero-order valence-corrected chi connectivity index (χ0v) is 44.5. The lowest BCUT2D eigenvalue weighted by Gasteiger charge is -2.35. The van der Waals surface area contributed by atoms with Gasteiger partial charge in [0.2, 0.25) is 23.6 Å². The number of urea groups is 1. The van der Waals surface area contributed by atoms with Crippen molar-refractivity contribution in [3.63, 3.8) is 0 Å². The Morgan fingerprint density at radius 1 is 0.699 bits per heavy atom. The van der Waals surface area contributed by atoms with Crippen LogP contribution in [0.2, 0.25) is 20.1 Å². The molecule has 3 heterocycles. The molecule has 20 heteroatoms. The maximum absolute atomic E-state index is 14.8. The first-order chi connectivity index (χ1) is 35.2. The molecule has 6 amide bonds. The molecule has 6 N–H and O–H groups in total. The maximum Gasteiger partial charge on any atom is 0.315 e. The van der Waals surface area contributed by atoms with Crippen molar-refractivity contribution in [1.29, 1.82) is 0 Å². The molecule has 0 bridgehead atoms. The minimum atomic E-state index is -1.01. The van der Waals surface area contributed by atoms with E-state index < -0.39 is 23.7 Å². The third-order valence-electron chi connectivity index (χ3n) is 12.7. The van der Waals surface area contributed by atoms with E-state index in [1.54, 1.807) is 48.6 Å². The van der Waals surface area contributed by atoms with Crippen LogP contribution < -0.4 is 27.0 Å². The SMILES string of the molecule is NC(=O)C(CCC(=O)NCCCOCCOCCOCCCNC(=O)CCCC[C@@H]1SCC2NC(=O)NC21)[C@H](Cc1ccccc1)C(=O)N1C/C(=C\c2ccc(Cl)c(Cl)c2)C(=O)/C(=C/c2ccc(Cl)c(Cl)c2)C1. The number of ketones is 1. The summed E-state index contributed by atoms with van der Waals surface area (Å²) in [5, 5.41) is 13.5. The second-order valence-electron chi connectivity index (χ2n) is 18.2. The normalized spacial score (nSPS) is 19.3. The van der Waals surface area contributed by atoms with Gasteiger partial charge in [-0.2, -0.15) is 11.8 Å². The van der Waals surface area contributed by atoms with Gasteiger partial charge in [0, 0.05) is 74.4 Å². The smallest absolute Gasteiger partial charge is 0.315 e. The number of Topliss-reactive ketones (excluding diaryl/α,β-unsaturated/α-hetero) is 1. The molecule has 6 rings (SSSR count). The number of unbranched alkanes of at least 4 members (excludes halogenated alkanes) is 1. The highest BCUT2D eigenvalue weighted by Gasteiger charge is 2.43. The van der Waals surface area contributed by atoms with Crippen LogP contribution in [0.3, 0.4) is 0 Å². The van der Waals surface area contributed by atoms with Crippen LogP contribution >= 0.6 is 58.2 Å². The number of benzene rings is 3. The van der Waals surface area contributed by atoms with Crippen molar-refractivity contribution in [2.45, 2.75) is 75.1 Å². The molecule has 3 aromatic rings. The fourth-order valence-corrected chi connectivity index (χ4v) is 11.1. The lowest BCUT2D eigenvalue weighted by molar-refractivity contribution is -0.141. The van der Waals surface area contributed by atoms with E-state index in [-0.39, 0.29) is 68.1 Å². The van der Waals surface area contributed by atoms with Gasteiger partial charge in [0.05, 0.1) is 70.4 Å². The molecule has 73 heavy (non-hydrogen) atoms. The van der Waals surface area contributed by atoms with Crippen molar-refractivity contribution in [1.82, 2.24) is 26.2 Å². The third-order valence-corrected chi connectivity index (χ3v) is 15.7. The molecule has 0 spiro atoms. The monoisotopic (exact) mass is 1100 g/mol. The van der Waals surface area contributed by atoms with Crippen molar-refractivity contribution in [3.05, 3.63) is 115 Å². The summed E-state index contributed by atoms with van der Waals surface area (Å²) >= 11 is 26.9. The second kappa shape index (κ2) is 30.0. The Bertz CT molecular complexity index is 2380. The highest BCUT2D eigenvalue weighted by Crippen LogP contribution is 2.34. The predicted octanol–water partition coefficient (Wildman–Crippen LogP) is 7.71. The second-order valence-corrected chi connectivity index (χ2v) is 21.1. The van der Waals surface area contributed by atoms with E-state index in [1.807, 2.05) is 42.1 Å². The minimum Gasteiger partial charge on any atom is -0.379 e. The topological polar surface area (TPSA) is 207 Å². The summed E-state index contributed by atoms with van der Waals surface area (Å²) in [6.45, 7) is 3.25. The standard InChI is InChI=1S/C53H64Cl4N6O9S/c54-41-15-12-35(29-43(41)56)26-37-31-63(32-38(50(37)66)27-36-13-16-42(55)44(57)30-36)52(68)40(28-34-8-2-1-3-9-34)39(51(58)67)14-17-48(65)60-19-7-21-71-23-25-72-24-22-70-20-6-18-59-47(64)11-5-4-10-46-49-45(33-73-46)61-53(69)62-49/h1-3,8-9,12-13,15-16,26-27,29-30,39-40,45-46,49H,4-7,10-11,14,17-25,28,31-33H2,(H2,58,67)(H,59,64)(H,60,65)(H2,61,62,69)/b37-26+,38-27+/t39?,40-,45?,46-,49?/m0/s1. The largest absolute Gasteiger partial charge is 0.379 e. The van der Waals surface area contributed by atoms with E-state index in [1.165, 1.54) is 4.90 Å². The summed E-state index contributed by atoms with van der Waals surface area (Å²) in [5.41, 5.74) is 8.66. The number of rotatable bonds is 29. The Hall–Kier alpha value is -4.65. The number of piperidine rings is 1. The van der Waals surface area contributed by atoms with Crippen LogP contribution in [0.25, 0.3) is 12.2 Å². The Balaban J connectivity index is 0.888. The number of fused-ring (bicyclic) bond motifs is 1. The number of primary amides is 1. The first-order valence-electron chi connectivity index (χ1n) is 24.7. The van der Waals surface area contributed by atoms with Gasteiger partial charge >= 0.3 is 6.03 Å². The van der Waals surface area contributed by atoms with Gasteiger partial charge in [0.25, 0.3) is 0 Å². The Morgan fingerprint density at radius 2 is 1.26 bits per heavy atom. The van der Waals surface area contributed by atoms with Gasteiger partial charge in [-0.15, -0.1) is 0 Å². The summed E-state index contributed by atoms with van der Waals surface area (Å²) in [6, 6.07) is 19.5. The van der Waals surface area contributed by atoms with Gasteiger partial charge in [-0.25, -0.2) is 4.79 Å². The van der Waals surface area contributed by atoms with Crippen LogP contribution in [0.5, 0.6) is 0 Å². The number of ether oxygens (including phenoxy) is 3. The van der Waals surface area contributed by atoms with Crippen LogP contribution in [0.1, 0.15) is 68.1 Å². The molecule has 3 fully saturated rings. The van der Waals surface area contributed by atoms with Crippen molar-refractivity contribution >= 4 is 106 Å². The Morgan fingerprint density at radius 3 is 1.82 bits per heavy atom. The van der Waals surface area contributed by atoms with E-state index >= 15 is 0 Å². The van der Waals surface area contributed by atoms with E-state index in [4.69, 9.17) is 66.3 Å². The molecule has 0 aromatic heterocycles. The van der Waals surface area contributed by atoms with Crippen LogP contribution in [-0.4, -0.2) is 129 Å². The molecule has 3 aromatic carbocycles. The molecule has 0 radical (unpaired) electrons. The molecule has 0 aliphatic carbocycles. The van der Waals surface area contributed by atoms with Crippen molar-refractivity contribution in [2.24, 2.45) is 17.6 Å². The number of hydrogen-bond acceptors (Lipinski definition) is 10. The highest BCUT2D eigenvalue weighted by atomic mass is 35.5. The predicted molar refractivity (Wildman–Crippen MR) is 288 cm³/mol. The Kier molecular flexibility index (Phi) is 23.7. The number of hydrogen-bond donors (Lipinski definition) is 5. The summed E-state index contributed by atoms with van der Waals surface area (Å²) in [4.78, 5) is 80.6. The molecule has 394 valence electrons. The molecule has 0 saturated carbocycles. The minimum absolute atomic E-state index is 0.0212. The first-order valence-corrected chi connectivity index (χ1v) is 27.2. The molecule has 3 aliphatic rings. The molecule has 5 atom stereocenters. The number of carbonyl (C=O) groups is 6. The van der Waals surface area contributed by atoms with E-state index in [9.17, 15) is 28.8 Å². The molecule has 3 saturated heterocycles. The average molecular weight is 1100 g/mol. The number of carbonyl (C=O) groups excluding carboxylic acids is 6. The molecule has 3 unspecified atom stereocenters. The van der Waals surface area contributed by atoms with Gasteiger partial charge in [-0.05, 0) is 91.6 Å². The number of nitrogens with two attached hydrogens (primary N) is 1. The van der Waals surface area contributed by atoms with E-state index in [0.717, 1.165) is 30.6 Å². The number of amides is 6. The summed E-state index contributed by atoms with van der Waals surface area (Å²) in [7, 11) is 0. The van der Waals surface area contributed by atoms with Gasteiger partial charge < -0.3 is 46.1 Å². The van der Waals surface area contributed by atoms with Crippen LogP contribution in [0, 0.1) is 11.8 Å². The average Bonchev–Trinajstić information content (AvgIpc) is 3.93. The number of nitrogens with zero attached hydrogens (tertiary/aromatic N) is 1. The summed E-state index contributed by atoms with van der Waals surface area (Å²) < 4.78 is 16.9. The maximum atomic E-state index is 14.8. The van der Waals surface area contributed by atoms with Crippen molar-refractivity contribution in [3.8, 4) is 0 Å². The van der Waals surface area contributed by atoms with Gasteiger partial charge in [0.15, 0.2) is 5.78 Å². The van der Waals surface area contributed by atoms with Crippen molar-refractivity contribution in [2.75, 3.05) is 71.6 Å². The zero-order chi connectivity index (χ0) is 52.1. The third kappa shape index (κ3) is 18.6. The fourth-order valence-electron chi connectivity index (χ4n) is 8.93. The highest BCUT2D eigenvalue weighted by molar-refractivity contribution is 8.00. The van der Waals surface area contributed by atoms with Gasteiger partial charge in [0.1, 0.15) is 0 Å². The van der Waals surface area contributed by atoms with E-state index in [0.29, 0.717) is 120 Å². The number of likely N-dealkylation sites (tertiary alicyclic amines) is 1. The molecule has 3 aliphatic heterocycles. The number of nitrogens with one attached hydrogen (secondary N) is 4. The quantitative estimate of drug-likeness (QED) is 0.0260. The molecular weight excluding hydrogens is 1040 g/mol. The lowest BCUT2D eigenvalue weighted by atomic mass is 9.81. The summed E-state index contributed by atoms with van der Waals surface area (Å²) in [5.74, 6) is -2.69. The fraction of sp³-hybridized carbons (Fsp3) is 0.472. The van der Waals surface area contributed by atoms with Gasteiger partial charge in [-0.3, -0.25) is 24.0 Å². The van der Waals surface area contributed by atoms with Crippen molar-refractivity contribution < 1.29 is 43.0 Å². The first kappa shape index (κ1) is 57.6. The number of thioether (sulfide) groups is 1.